The number of nitrogens with zero attached hydrogens (tertiary/aromatic N) is 4. The van der Waals surface area contributed by atoms with E-state index in [1.54, 1.807) is 0 Å². The van der Waals surface area contributed by atoms with Gasteiger partial charge >= 0.3 is 0 Å². The average Bonchev–Trinajstić information content (AvgIpc) is 3.08. The van der Waals surface area contributed by atoms with E-state index < -0.39 is 0 Å². The molecule has 0 bridgehead atoms. The maximum absolute atomic E-state index is 12.7. The number of likely N-dealkylation sites (tertiary alicyclic amines) is 1. The largest absolute Gasteiger partial charge is 0.342 e. The van der Waals surface area contributed by atoms with Gasteiger partial charge in [-0.1, -0.05) is 35.9 Å². The van der Waals surface area contributed by atoms with Crippen molar-refractivity contribution in [1.29, 1.82) is 0 Å². The molecule has 5 nitrogen and oxygen atoms in total. The summed E-state index contributed by atoms with van der Waals surface area (Å²) in [5.74, 6) is 1.26. The Balaban J connectivity index is 1.51. The van der Waals surface area contributed by atoms with E-state index in [0.29, 0.717) is 18.0 Å². The van der Waals surface area contributed by atoms with E-state index in [2.05, 4.69) is 10.2 Å². The molecule has 0 saturated carbocycles. The van der Waals surface area contributed by atoms with Crippen molar-refractivity contribution in [3.63, 3.8) is 0 Å². The van der Waals surface area contributed by atoms with Crippen LogP contribution >= 0.6 is 11.6 Å². The van der Waals surface area contributed by atoms with Gasteiger partial charge in [0.15, 0.2) is 5.65 Å². The fraction of sp³-hybridized carbons (Fsp3) is 0.316. The number of fused-ring (bicyclic) bond motifs is 1. The molecule has 0 N–H and O–H groups in total. The van der Waals surface area contributed by atoms with Gasteiger partial charge in [-0.15, -0.1) is 10.2 Å². The molecule has 1 aliphatic rings. The molecule has 0 spiro atoms. The highest BCUT2D eigenvalue weighted by atomic mass is 35.5. The quantitative estimate of drug-likeness (QED) is 0.725. The zero-order chi connectivity index (χ0) is 17.2. The smallest absolute Gasteiger partial charge is 0.227 e. The first-order chi connectivity index (χ1) is 12.2. The number of halogens is 1. The van der Waals surface area contributed by atoms with Crippen molar-refractivity contribution < 1.29 is 4.79 Å². The Morgan fingerprint density at radius 2 is 2.00 bits per heavy atom. The number of benzene rings is 1. The van der Waals surface area contributed by atoms with E-state index in [0.717, 1.165) is 36.4 Å². The predicted molar refractivity (Wildman–Crippen MR) is 96.7 cm³/mol. The molecule has 1 aliphatic heterocycles. The highest BCUT2D eigenvalue weighted by Gasteiger charge is 2.28. The summed E-state index contributed by atoms with van der Waals surface area (Å²) < 4.78 is 2.02. The first-order valence-electron chi connectivity index (χ1n) is 8.53. The van der Waals surface area contributed by atoms with Gasteiger partial charge in [-0.2, -0.15) is 0 Å². The Hall–Kier alpha value is -2.40. The van der Waals surface area contributed by atoms with Crippen LogP contribution < -0.4 is 0 Å². The van der Waals surface area contributed by atoms with Crippen molar-refractivity contribution in [2.24, 2.45) is 0 Å². The Bertz CT molecular complexity index is 907. The van der Waals surface area contributed by atoms with Crippen molar-refractivity contribution in [2.45, 2.75) is 25.2 Å². The zero-order valence-corrected chi connectivity index (χ0v) is 14.6. The number of carbonyl (C=O) groups excluding carboxylic acids is 1. The normalized spacial score (nSPS) is 17.8. The molecular weight excluding hydrogens is 336 g/mol. The molecule has 1 fully saturated rings. The molecule has 1 atom stereocenters. The summed E-state index contributed by atoms with van der Waals surface area (Å²) in [4.78, 5) is 14.7. The summed E-state index contributed by atoms with van der Waals surface area (Å²) in [5, 5.41) is 9.25. The number of aromatic nitrogens is 3. The minimum absolute atomic E-state index is 0.117. The number of hydrogen-bond donors (Lipinski definition) is 0. The lowest BCUT2D eigenvalue weighted by Gasteiger charge is -2.32. The maximum Gasteiger partial charge on any atom is 0.227 e. The number of piperidine rings is 1. The predicted octanol–water partition coefficient (Wildman–Crippen LogP) is 3.33. The Morgan fingerprint density at radius 3 is 2.88 bits per heavy atom. The zero-order valence-electron chi connectivity index (χ0n) is 13.8. The summed E-state index contributed by atoms with van der Waals surface area (Å²) in [7, 11) is 0. The van der Waals surface area contributed by atoms with Crippen LogP contribution in [-0.2, 0) is 11.2 Å². The van der Waals surface area contributed by atoms with Crippen LogP contribution in [0.3, 0.4) is 0 Å². The second-order valence-electron chi connectivity index (χ2n) is 6.43. The third-order valence-electron chi connectivity index (χ3n) is 4.78. The van der Waals surface area contributed by atoms with Crippen molar-refractivity contribution in [3.05, 3.63) is 65.1 Å². The van der Waals surface area contributed by atoms with E-state index in [1.807, 2.05) is 58.0 Å². The van der Waals surface area contributed by atoms with Crippen LogP contribution in [0.2, 0.25) is 5.02 Å². The minimum Gasteiger partial charge on any atom is -0.342 e. The minimum atomic E-state index is 0.117. The third-order valence-corrected chi connectivity index (χ3v) is 5.15. The first-order valence-corrected chi connectivity index (χ1v) is 8.91. The molecule has 1 amide bonds. The van der Waals surface area contributed by atoms with Crippen LogP contribution in [0.25, 0.3) is 5.65 Å². The topological polar surface area (TPSA) is 50.5 Å². The van der Waals surface area contributed by atoms with Gasteiger partial charge in [0.2, 0.25) is 5.91 Å². The monoisotopic (exact) mass is 354 g/mol. The molecular formula is C19H19ClN4O. The molecule has 3 aromatic rings. The molecule has 0 aliphatic carbocycles. The van der Waals surface area contributed by atoms with Crippen LogP contribution in [0.15, 0.2) is 48.7 Å². The average molecular weight is 355 g/mol. The van der Waals surface area contributed by atoms with E-state index >= 15 is 0 Å². The van der Waals surface area contributed by atoms with Gasteiger partial charge in [-0.3, -0.25) is 9.20 Å². The van der Waals surface area contributed by atoms with Crippen molar-refractivity contribution in [2.75, 3.05) is 13.1 Å². The van der Waals surface area contributed by atoms with Gasteiger partial charge < -0.3 is 4.90 Å². The van der Waals surface area contributed by atoms with Crippen LogP contribution in [0, 0.1) is 0 Å². The molecule has 1 unspecified atom stereocenters. The molecule has 2 aromatic heterocycles. The second-order valence-corrected chi connectivity index (χ2v) is 6.84. The Morgan fingerprint density at radius 1 is 1.16 bits per heavy atom. The lowest BCUT2D eigenvalue weighted by Crippen LogP contribution is -2.40. The van der Waals surface area contributed by atoms with E-state index in [4.69, 9.17) is 11.6 Å². The number of hydrogen-bond acceptors (Lipinski definition) is 3. The first kappa shape index (κ1) is 16.1. The standard InChI is InChI=1S/C19H19ClN4O/c20-16-8-2-1-6-14(16)12-18(25)23-10-5-7-15(13-23)19-22-21-17-9-3-4-11-24(17)19/h1-4,6,8-9,11,15H,5,7,10,12-13H2. The highest BCUT2D eigenvalue weighted by molar-refractivity contribution is 6.31. The van der Waals surface area contributed by atoms with E-state index in [1.165, 1.54) is 0 Å². The number of carbonyl (C=O) groups is 1. The summed E-state index contributed by atoms with van der Waals surface area (Å²) in [6, 6.07) is 13.4. The number of pyridine rings is 1. The van der Waals surface area contributed by atoms with Gasteiger partial charge in [0.1, 0.15) is 5.82 Å². The van der Waals surface area contributed by atoms with Gasteiger partial charge in [0, 0.05) is 30.2 Å². The molecule has 4 rings (SSSR count). The fourth-order valence-corrected chi connectivity index (χ4v) is 3.67. The molecule has 0 radical (unpaired) electrons. The van der Waals surface area contributed by atoms with Crippen LogP contribution in [0.5, 0.6) is 0 Å². The van der Waals surface area contributed by atoms with E-state index in [-0.39, 0.29) is 11.8 Å². The third kappa shape index (κ3) is 3.24. The molecule has 3 heterocycles. The van der Waals surface area contributed by atoms with Crippen LogP contribution in [0.1, 0.15) is 30.1 Å². The Kier molecular flexibility index (Phi) is 4.40. The molecule has 128 valence electrons. The molecule has 1 aromatic carbocycles. The van der Waals surface area contributed by atoms with Crippen LogP contribution in [0.4, 0.5) is 0 Å². The maximum atomic E-state index is 12.7. The summed E-state index contributed by atoms with van der Waals surface area (Å²) in [6.07, 6.45) is 4.31. The van der Waals surface area contributed by atoms with Crippen molar-refractivity contribution in [3.8, 4) is 0 Å². The summed E-state index contributed by atoms with van der Waals surface area (Å²) in [6.45, 7) is 1.47. The SMILES string of the molecule is O=C(Cc1ccccc1Cl)N1CCCC(c2nnc3ccccn23)C1. The van der Waals surface area contributed by atoms with E-state index in [9.17, 15) is 4.79 Å². The summed E-state index contributed by atoms with van der Waals surface area (Å²) in [5.41, 5.74) is 1.72. The fourth-order valence-electron chi connectivity index (χ4n) is 3.47. The van der Waals surface area contributed by atoms with Gasteiger partial charge in [-0.05, 0) is 36.6 Å². The Labute approximate surface area is 151 Å². The van der Waals surface area contributed by atoms with Gasteiger partial charge in [-0.25, -0.2) is 0 Å². The lowest BCUT2D eigenvalue weighted by atomic mass is 9.96. The van der Waals surface area contributed by atoms with Crippen LogP contribution in [-0.4, -0.2) is 38.5 Å². The second kappa shape index (κ2) is 6.84. The van der Waals surface area contributed by atoms with Gasteiger partial charge in [0.25, 0.3) is 0 Å². The molecule has 6 heteroatoms. The van der Waals surface area contributed by atoms with Crippen molar-refractivity contribution >= 4 is 23.2 Å². The molecule has 25 heavy (non-hydrogen) atoms. The number of amides is 1. The van der Waals surface area contributed by atoms with Gasteiger partial charge in [0.05, 0.1) is 6.42 Å². The lowest BCUT2D eigenvalue weighted by molar-refractivity contribution is -0.131. The highest BCUT2D eigenvalue weighted by Crippen LogP contribution is 2.27. The summed E-state index contributed by atoms with van der Waals surface area (Å²) >= 11 is 6.19. The molecule has 1 saturated heterocycles. The van der Waals surface area contributed by atoms with Crippen molar-refractivity contribution in [1.82, 2.24) is 19.5 Å². The number of rotatable bonds is 3.